The molecule has 90 heavy (non-hydrogen) atoms. The van der Waals surface area contributed by atoms with E-state index in [0.717, 1.165) is 34.6 Å². The first-order chi connectivity index (χ1) is 42.2. The lowest BCUT2D eigenvalue weighted by Gasteiger charge is -2.42. The predicted molar refractivity (Wildman–Crippen MR) is 327 cm³/mol. The van der Waals surface area contributed by atoms with Crippen LogP contribution in [0.25, 0.3) is 0 Å². The third-order valence-corrected chi connectivity index (χ3v) is 16.8. The van der Waals surface area contributed by atoms with Crippen molar-refractivity contribution in [3.63, 3.8) is 0 Å². The molecule has 0 spiro atoms. The largest absolute Gasteiger partial charge is 0.495 e. The summed E-state index contributed by atoms with van der Waals surface area (Å²) < 4.78 is 74.5. The van der Waals surface area contributed by atoms with E-state index in [1.165, 1.54) is 45.2 Å². The molecule has 2 aromatic carbocycles. The Morgan fingerprint density at radius 3 is 2.30 bits per heavy atom. The number of unbranched alkanes of at least 4 members (excludes halogenated alkanes) is 1. The van der Waals surface area contributed by atoms with Gasteiger partial charge < -0.3 is 70.9 Å². The standard InChI is InChI=1S/C60H78ClF3N10O15S/c1-31(2)49(70-56(90)67-22-11-12-24-74-45(75)20-21-46(74)76)52(79)69-39(16-14-23-66-55(65)82)51(78)68-38-19-18-36(28-37(38)60(62,63)64)53(80)72(7)34(5)54(81)88-44-29-47(77)73(8)40-26-35(27-41(85-9)48(40)61)25-32(3)15-13-17-43(86-10)59(84)30-42(87-57(83)71-59)33(4)50-58(44,6)89-50/h13,15,17-21,26-28,31,33-34,39,42-44,49-50,84H,11-12,14,16,22-25,29-30H2,1-10H3,(H,68,78)(H,69,79)(H,71,83)(H3,65,66,82)(H2,67,70,90)/b17-13+,32-15+/t33-,34+,39+,42+,43-,44+,49+,50+,58+,59+/m1/s1. The predicted octanol–water partition coefficient (Wildman–Crippen LogP) is 4.91. The van der Waals surface area contributed by atoms with Gasteiger partial charge in [0.1, 0.15) is 52.8 Å². The molecule has 6 rings (SSSR count). The van der Waals surface area contributed by atoms with E-state index < -0.39 is 149 Å². The number of hydrogen-bond acceptors (Lipinski definition) is 16. The van der Waals surface area contributed by atoms with Gasteiger partial charge in [-0.2, -0.15) is 13.2 Å². The molecule has 4 aliphatic rings. The second-order valence-corrected chi connectivity index (χ2v) is 23.8. The number of likely N-dealkylation sites (N-methyl/N-ethyl adjacent to an activating group) is 1. The van der Waals surface area contributed by atoms with E-state index in [1.54, 1.807) is 58.1 Å². The molecule has 0 radical (unpaired) electrons. The minimum Gasteiger partial charge on any atom is -0.495 e. The molecule has 4 heterocycles. The number of methoxy groups -OCH3 is 2. The molecular weight excluding hydrogens is 1230 g/mol. The van der Waals surface area contributed by atoms with Crippen molar-refractivity contribution in [1.29, 1.82) is 0 Å². The number of carbonyl (C=O) groups is 9. The number of amides is 9. The number of nitrogens with two attached hydrogens (primary N) is 1. The van der Waals surface area contributed by atoms with Crippen LogP contribution in [0.15, 0.2) is 66.3 Å². The second-order valence-electron chi connectivity index (χ2n) is 23.0. The molecule has 2 aromatic rings. The number of primary amides is 1. The molecule has 0 saturated carbocycles. The maximum Gasteiger partial charge on any atom is 0.418 e. The number of alkyl carbamates (subject to hydrolysis) is 1. The van der Waals surface area contributed by atoms with Gasteiger partial charge in [-0.1, -0.05) is 56.2 Å². The SMILES string of the molecule is COc1cc2cc(c1Cl)N(C)C(=O)C[C@H](OC(=O)[C@H](C)N(C)C(=O)c1ccc(NC(=O)[C@H](CCCNC(N)=O)NC(=O)[C@@H](NC(=S)NCCCCN3C(=O)C=CC3=O)C(C)C)c(C(F)(F)F)c1)[C@]1(C)O[C@H]1[C@H](C)[C@@H]1C[C@@](O)(NC(=O)O1)[C@H](OC)/C=C/C=C(\C)C2. The Kier molecular flexibility index (Phi) is 24.0. The van der Waals surface area contributed by atoms with Crippen LogP contribution in [0, 0.1) is 11.8 Å². The van der Waals surface area contributed by atoms with Gasteiger partial charge in [0.25, 0.3) is 17.7 Å². The van der Waals surface area contributed by atoms with Gasteiger partial charge in [0, 0.05) is 70.9 Å². The Morgan fingerprint density at radius 2 is 1.67 bits per heavy atom. The summed E-state index contributed by atoms with van der Waals surface area (Å²) in [5.41, 5.74) is 0.615. The number of fused-ring (bicyclic) bond motifs is 5. The van der Waals surface area contributed by atoms with Gasteiger partial charge >= 0.3 is 24.3 Å². The van der Waals surface area contributed by atoms with Crippen molar-refractivity contribution in [2.24, 2.45) is 17.6 Å². The minimum absolute atomic E-state index is 0.0176. The zero-order valence-corrected chi connectivity index (χ0v) is 53.1. The first-order valence-corrected chi connectivity index (χ1v) is 29.8. The quantitative estimate of drug-likeness (QED) is 0.0270. The monoisotopic (exact) mass is 1300 g/mol. The lowest BCUT2D eigenvalue weighted by molar-refractivity contribution is -0.158. The molecule has 0 aliphatic carbocycles. The lowest BCUT2D eigenvalue weighted by atomic mass is 9.83. The van der Waals surface area contributed by atoms with Gasteiger partial charge in [0.2, 0.25) is 17.7 Å². The Labute approximate surface area is 529 Å². The number of nitrogens with one attached hydrogen (secondary N) is 6. The topological polar surface area (TPSA) is 331 Å². The molecule has 0 aromatic heterocycles. The number of thiocarbonyl (C=S) groups is 1. The van der Waals surface area contributed by atoms with Crippen LogP contribution < -0.4 is 47.3 Å². The Morgan fingerprint density at radius 1 is 0.989 bits per heavy atom. The fraction of sp³-hybridized carbons (Fsp3) is 0.533. The van der Waals surface area contributed by atoms with Gasteiger partial charge in [-0.15, -0.1) is 0 Å². The smallest absolute Gasteiger partial charge is 0.418 e. The minimum atomic E-state index is -5.21. The highest BCUT2D eigenvalue weighted by atomic mass is 35.5. The number of imide groups is 1. The van der Waals surface area contributed by atoms with Crippen LogP contribution in [0.4, 0.5) is 34.1 Å². The number of ether oxygens (including phenoxy) is 5. The summed E-state index contributed by atoms with van der Waals surface area (Å²) in [6.07, 6.45) is -2.92. The van der Waals surface area contributed by atoms with Crippen LogP contribution >= 0.6 is 23.8 Å². The van der Waals surface area contributed by atoms with E-state index in [0.29, 0.717) is 37.4 Å². The molecule has 25 nitrogen and oxygen atoms in total. The van der Waals surface area contributed by atoms with Gasteiger partial charge in [-0.05, 0) is 107 Å². The van der Waals surface area contributed by atoms with E-state index in [4.69, 9.17) is 53.2 Å². The number of epoxide rings is 1. The van der Waals surface area contributed by atoms with Crippen LogP contribution in [-0.2, 0) is 60.3 Å². The summed E-state index contributed by atoms with van der Waals surface area (Å²) in [7, 11) is 5.36. The summed E-state index contributed by atoms with van der Waals surface area (Å²) in [5, 5.41) is 27.5. The van der Waals surface area contributed by atoms with E-state index >= 15 is 13.2 Å². The molecule has 2 fully saturated rings. The second kappa shape index (κ2) is 30.3. The highest BCUT2D eigenvalue weighted by Crippen LogP contribution is 2.49. The van der Waals surface area contributed by atoms with Crippen LogP contribution in [0.2, 0.25) is 5.02 Å². The maximum atomic E-state index is 15.1. The molecule has 4 aliphatic heterocycles. The molecule has 9 amide bonds. The number of benzene rings is 2. The van der Waals surface area contributed by atoms with Crippen molar-refractivity contribution in [3.05, 3.63) is 88.0 Å². The van der Waals surface area contributed by atoms with Crippen molar-refractivity contribution in [2.75, 3.05) is 58.2 Å². The number of urea groups is 1. The highest BCUT2D eigenvalue weighted by molar-refractivity contribution is 7.80. The normalized spacial score (nSPS) is 24.6. The fourth-order valence-electron chi connectivity index (χ4n) is 10.6. The number of nitrogens with zero attached hydrogens (tertiary/aromatic N) is 3. The number of aliphatic hydroxyl groups is 1. The molecule has 492 valence electrons. The maximum absolute atomic E-state index is 15.1. The number of esters is 1. The molecule has 2 saturated heterocycles. The third-order valence-electron chi connectivity index (χ3n) is 16.1. The first-order valence-electron chi connectivity index (χ1n) is 29.0. The Hall–Kier alpha value is -7.86. The average Bonchev–Trinajstić information content (AvgIpc) is 1.56. The summed E-state index contributed by atoms with van der Waals surface area (Å²) in [6.45, 7) is 10.1. The summed E-state index contributed by atoms with van der Waals surface area (Å²) in [6, 6.07) is 0.653. The van der Waals surface area contributed by atoms with Gasteiger partial charge in [-0.25, -0.2) is 14.4 Å². The zero-order valence-electron chi connectivity index (χ0n) is 51.5. The van der Waals surface area contributed by atoms with Crippen LogP contribution in [0.5, 0.6) is 5.75 Å². The van der Waals surface area contributed by atoms with E-state index in [9.17, 15) is 48.3 Å². The number of rotatable bonds is 21. The fourth-order valence-corrected chi connectivity index (χ4v) is 11.2. The number of anilines is 2. The number of carbonyl (C=O) groups excluding carboxylic acids is 9. The van der Waals surface area contributed by atoms with E-state index in [1.807, 2.05) is 6.92 Å². The third kappa shape index (κ3) is 17.8. The highest BCUT2D eigenvalue weighted by Gasteiger charge is 2.64. The first kappa shape index (κ1) is 71.2. The molecule has 30 heteroatoms. The van der Waals surface area contributed by atoms with Crippen molar-refractivity contribution in [2.45, 2.75) is 147 Å². The molecule has 0 unspecified atom stereocenters. The lowest BCUT2D eigenvalue weighted by Crippen LogP contribution is -2.63. The molecule has 9 N–H and O–H groups in total. The van der Waals surface area contributed by atoms with Crippen molar-refractivity contribution < 1.29 is 85.1 Å². The van der Waals surface area contributed by atoms with Crippen molar-refractivity contribution in [1.82, 2.24) is 36.4 Å². The van der Waals surface area contributed by atoms with Crippen molar-refractivity contribution >= 4 is 93.8 Å². The average molecular weight is 1300 g/mol. The molecule has 4 bridgehead atoms. The van der Waals surface area contributed by atoms with Gasteiger partial charge in [0.05, 0.1) is 36.6 Å². The number of hydrogen-bond donors (Lipinski definition) is 8. The van der Waals surface area contributed by atoms with E-state index in [-0.39, 0.29) is 53.9 Å². The van der Waals surface area contributed by atoms with Crippen LogP contribution in [0.3, 0.4) is 0 Å². The van der Waals surface area contributed by atoms with Crippen LogP contribution in [0.1, 0.15) is 102 Å². The summed E-state index contributed by atoms with van der Waals surface area (Å²) >= 11 is 12.2. The Balaban J connectivity index is 1.21. The number of halogens is 4. The Bertz CT molecular complexity index is 3170. The van der Waals surface area contributed by atoms with Crippen molar-refractivity contribution in [3.8, 4) is 5.75 Å². The summed E-state index contributed by atoms with van der Waals surface area (Å²) in [5.74, 6) is -6.49. The number of alkyl halides is 3. The van der Waals surface area contributed by atoms with Gasteiger partial charge in [0.15, 0.2) is 10.8 Å². The van der Waals surface area contributed by atoms with Crippen LogP contribution in [-0.4, -0.2) is 175 Å². The molecule has 10 atom stereocenters. The van der Waals surface area contributed by atoms with Gasteiger partial charge in [-0.3, -0.25) is 39.0 Å². The summed E-state index contributed by atoms with van der Waals surface area (Å²) in [4.78, 5) is 122. The number of allylic oxidation sites excluding steroid dienone is 3. The van der Waals surface area contributed by atoms with E-state index in [2.05, 4.69) is 31.9 Å². The molecular formula is C60H78ClF3N10O15S. The zero-order chi connectivity index (χ0) is 66.7.